The van der Waals surface area contributed by atoms with Crippen molar-refractivity contribution in [3.63, 3.8) is 0 Å². The lowest BCUT2D eigenvalue weighted by Crippen LogP contribution is -2.27. The Hall–Kier alpha value is -0.140. The van der Waals surface area contributed by atoms with E-state index >= 15 is 0 Å². The number of halogens is 2. The number of hydrogen-bond donors (Lipinski definition) is 1. The first-order valence-corrected chi connectivity index (χ1v) is 9.01. The summed E-state index contributed by atoms with van der Waals surface area (Å²) in [6.07, 6.45) is 0.964. The summed E-state index contributed by atoms with van der Waals surface area (Å²) >= 11 is 9.17. The topological polar surface area (TPSA) is 55.4 Å². The van der Waals surface area contributed by atoms with Gasteiger partial charge in [0.1, 0.15) is 4.90 Å². The molecule has 1 aromatic rings. The third kappa shape index (κ3) is 6.10. The Labute approximate surface area is 134 Å². The maximum absolute atomic E-state index is 12.0. The van der Waals surface area contributed by atoms with Crippen LogP contribution in [0.2, 0.25) is 5.02 Å². The molecule has 0 aliphatic rings. The highest BCUT2D eigenvalue weighted by molar-refractivity contribution is 9.10. The summed E-state index contributed by atoms with van der Waals surface area (Å²) in [5, 5.41) is 0.188. The summed E-state index contributed by atoms with van der Waals surface area (Å²) in [4.78, 5) is 0.0737. The molecular formula is C13H19BrClNO3S. The van der Waals surface area contributed by atoms with Gasteiger partial charge in [-0.15, -0.1) is 0 Å². The molecule has 0 unspecified atom stereocenters. The fraction of sp³-hybridized carbons (Fsp3) is 0.538. The van der Waals surface area contributed by atoms with Crippen molar-refractivity contribution in [2.45, 2.75) is 25.2 Å². The van der Waals surface area contributed by atoms with Crippen LogP contribution in [0, 0.1) is 5.92 Å². The van der Waals surface area contributed by atoms with Gasteiger partial charge in [-0.05, 0) is 30.5 Å². The third-order valence-corrected chi connectivity index (χ3v) is 5.00. The van der Waals surface area contributed by atoms with Crippen molar-refractivity contribution in [3.8, 4) is 0 Å². The van der Waals surface area contributed by atoms with Gasteiger partial charge in [0.2, 0.25) is 10.0 Å². The van der Waals surface area contributed by atoms with Crippen LogP contribution < -0.4 is 4.72 Å². The SMILES string of the molecule is CC(C)CCOCCNS(=O)(=O)c1ccc(Br)cc1Cl. The highest BCUT2D eigenvalue weighted by Crippen LogP contribution is 2.24. The Morgan fingerprint density at radius 3 is 2.65 bits per heavy atom. The van der Waals surface area contributed by atoms with Gasteiger partial charge in [0, 0.05) is 17.6 Å². The fourth-order valence-corrected chi connectivity index (χ4v) is 3.49. The molecule has 0 saturated heterocycles. The summed E-state index contributed by atoms with van der Waals surface area (Å²) < 4.78 is 32.6. The summed E-state index contributed by atoms with van der Waals surface area (Å²) in [5.41, 5.74) is 0. The Morgan fingerprint density at radius 2 is 2.05 bits per heavy atom. The molecule has 0 amide bonds. The molecule has 7 heteroatoms. The molecule has 0 aliphatic heterocycles. The first-order valence-electron chi connectivity index (χ1n) is 6.35. The molecule has 0 atom stereocenters. The number of benzene rings is 1. The van der Waals surface area contributed by atoms with Crippen molar-refractivity contribution in [3.05, 3.63) is 27.7 Å². The van der Waals surface area contributed by atoms with E-state index < -0.39 is 10.0 Å². The lowest BCUT2D eigenvalue weighted by atomic mass is 10.1. The molecule has 1 rings (SSSR count). The largest absolute Gasteiger partial charge is 0.380 e. The highest BCUT2D eigenvalue weighted by Gasteiger charge is 2.17. The quantitative estimate of drug-likeness (QED) is 0.699. The lowest BCUT2D eigenvalue weighted by molar-refractivity contribution is 0.128. The zero-order chi connectivity index (χ0) is 15.2. The molecule has 0 saturated carbocycles. The van der Waals surface area contributed by atoms with Gasteiger partial charge in [0.25, 0.3) is 0 Å². The maximum Gasteiger partial charge on any atom is 0.242 e. The molecule has 20 heavy (non-hydrogen) atoms. The lowest BCUT2D eigenvalue weighted by Gasteiger charge is -2.09. The normalized spacial score (nSPS) is 12.1. The molecule has 0 spiro atoms. The van der Waals surface area contributed by atoms with Crippen LogP contribution in [-0.2, 0) is 14.8 Å². The summed E-state index contributed by atoms with van der Waals surface area (Å²) in [5.74, 6) is 0.577. The predicted octanol–water partition coefficient (Wildman–Crippen LogP) is 3.44. The Balaban J connectivity index is 2.46. The minimum absolute atomic E-state index is 0.0737. The van der Waals surface area contributed by atoms with Crippen LogP contribution in [0.1, 0.15) is 20.3 Å². The van der Waals surface area contributed by atoms with E-state index in [0.29, 0.717) is 19.1 Å². The number of nitrogens with one attached hydrogen (secondary N) is 1. The van der Waals surface area contributed by atoms with Gasteiger partial charge >= 0.3 is 0 Å². The van der Waals surface area contributed by atoms with E-state index in [1.165, 1.54) is 6.07 Å². The molecule has 0 bridgehead atoms. The average molecular weight is 385 g/mol. The van der Waals surface area contributed by atoms with Crippen molar-refractivity contribution in [2.75, 3.05) is 19.8 Å². The van der Waals surface area contributed by atoms with E-state index in [0.717, 1.165) is 10.9 Å². The smallest absolute Gasteiger partial charge is 0.242 e. The number of ether oxygens (including phenoxy) is 1. The van der Waals surface area contributed by atoms with Crippen molar-refractivity contribution in [2.24, 2.45) is 5.92 Å². The van der Waals surface area contributed by atoms with Crippen LogP contribution in [-0.4, -0.2) is 28.2 Å². The molecule has 0 aromatic heterocycles. The van der Waals surface area contributed by atoms with Crippen LogP contribution in [0.25, 0.3) is 0 Å². The van der Waals surface area contributed by atoms with Crippen molar-refractivity contribution >= 4 is 37.6 Å². The van der Waals surface area contributed by atoms with Gasteiger partial charge < -0.3 is 4.74 Å². The Kier molecular flexibility index (Phi) is 7.47. The van der Waals surface area contributed by atoms with Gasteiger partial charge in [-0.25, -0.2) is 13.1 Å². The molecule has 1 aromatic carbocycles. The number of rotatable bonds is 8. The maximum atomic E-state index is 12.0. The van der Waals surface area contributed by atoms with Crippen molar-refractivity contribution in [1.82, 2.24) is 4.72 Å². The molecule has 114 valence electrons. The Bertz CT molecular complexity index is 534. The molecule has 0 fully saturated rings. The van der Waals surface area contributed by atoms with Crippen LogP contribution in [0.15, 0.2) is 27.6 Å². The minimum atomic E-state index is -3.59. The highest BCUT2D eigenvalue weighted by atomic mass is 79.9. The average Bonchev–Trinajstić information content (AvgIpc) is 2.32. The van der Waals surface area contributed by atoms with E-state index in [-0.39, 0.29) is 16.5 Å². The number of sulfonamides is 1. The Morgan fingerprint density at radius 1 is 1.35 bits per heavy atom. The molecule has 1 N–H and O–H groups in total. The van der Waals surface area contributed by atoms with E-state index in [9.17, 15) is 8.42 Å². The predicted molar refractivity (Wildman–Crippen MR) is 84.6 cm³/mol. The van der Waals surface area contributed by atoms with E-state index in [2.05, 4.69) is 34.5 Å². The van der Waals surface area contributed by atoms with Gasteiger partial charge in [-0.2, -0.15) is 0 Å². The van der Waals surface area contributed by atoms with Crippen LogP contribution in [0.4, 0.5) is 0 Å². The van der Waals surface area contributed by atoms with Crippen LogP contribution in [0.3, 0.4) is 0 Å². The van der Waals surface area contributed by atoms with Crippen molar-refractivity contribution in [1.29, 1.82) is 0 Å². The minimum Gasteiger partial charge on any atom is -0.380 e. The fourth-order valence-electron chi connectivity index (χ4n) is 1.44. The second-order valence-electron chi connectivity index (χ2n) is 4.77. The van der Waals surface area contributed by atoms with Crippen LogP contribution in [0.5, 0.6) is 0 Å². The first kappa shape index (κ1) is 17.9. The summed E-state index contributed by atoms with van der Waals surface area (Å²) in [6.45, 7) is 5.44. The number of hydrogen-bond acceptors (Lipinski definition) is 3. The van der Waals surface area contributed by atoms with Gasteiger partial charge in [-0.1, -0.05) is 41.4 Å². The van der Waals surface area contributed by atoms with Gasteiger partial charge in [0.15, 0.2) is 0 Å². The van der Waals surface area contributed by atoms with Crippen molar-refractivity contribution < 1.29 is 13.2 Å². The van der Waals surface area contributed by atoms with Gasteiger partial charge in [-0.3, -0.25) is 0 Å². The van der Waals surface area contributed by atoms with Gasteiger partial charge in [0.05, 0.1) is 11.6 Å². The van der Waals surface area contributed by atoms with Crippen LogP contribution >= 0.6 is 27.5 Å². The second-order valence-corrected chi connectivity index (χ2v) is 7.83. The second kappa shape index (κ2) is 8.34. The molecular weight excluding hydrogens is 366 g/mol. The molecule has 0 heterocycles. The zero-order valence-electron chi connectivity index (χ0n) is 11.5. The standard InChI is InChI=1S/C13H19BrClNO3S/c1-10(2)5-7-19-8-6-16-20(17,18)13-4-3-11(14)9-12(13)15/h3-4,9-10,16H,5-8H2,1-2H3. The molecule has 4 nitrogen and oxygen atoms in total. The third-order valence-electron chi connectivity index (χ3n) is 2.56. The first-order chi connectivity index (χ1) is 9.33. The summed E-state index contributed by atoms with van der Waals surface area (Å²) in [6, 6.07) is 4.66. The molecule has 0 radical (unpaired) electrons. The molecule has 0 aliphatic carbocycles. The van der Waals surface area contributed by atoms with E-state index in [1.54, 1.807) is 12.1 Å². The van der Waals surface area contributed by atoms with E-state index in [1.807, 2.05) is 0 Å². The monoisotopic (exact) mass is 383 g/mol. The van der Waals surface area contributed by atoms with E-state index in [4.69, 9.17) is 16.3 Å². The summed E-state index contributed by atoms with van der Waals surface area (Å²) in [7, 11) is -3.59. The zero-order valence-corrected chi connectivity index (χ0v) is 14.7.